The van der Waals surface area contributed by atoms with Gasteiger partial charge in [0, 0.05) is 19.0 Å². The molecule has 0 unspecified atom stereocenters. The number of hydrogen-bond donors (Lipinski definition) is 1. The second kappa shape index (κ2) is 9.19. The maximum Gasteiger partial charge on any atom is 0.256 e. The molecule has 2 atom stereocenters. The van der Waals surface area contributed by atoms with E-state index in [4.69, 9.17) is 9.47 Å². The number of aliphatic hydroxyl groups excluding tert-OH is 1. The van der Waals surface area contributed by atoms with E-state index in [1.165, 1.54) is 12.0 Å². The Labute approximate surface area is 198 Å². The summed E-state index contributed by atoms with van der Waals surface area (Å²) < 4.78 is 11.6. The first-order valence-electron chi connectivity index (χ1n) is 11.3. The molecule has 0 aromatic heterocycles. The summed E-state index contributed by atoms with van der Waals surface area (Å²) in [6.45, 7) is 0.741. The van der Waals surface area contributed by atoms with Gasteiger partial charge in [0.2, 0.25) is 5.91 Å². The fourth-order valence-corrected chi connectivity index (χ4v) is 4.61. The number of hydrogen-bond acceptors (Lipinski definition) is 5. The van der Waals surface area contributed by atoms with Gasteiger partial charge in [0.15, 0.2) is 11.5 Å². The van der Waals surface area contributed by atoms with Gasteiger partial charge in [0.05, 0.1) is 31.0 Å². The number of benzene rings is 3. The van der Waals surface area contributed by atoms with Gasteiger partial charge in [0.25, 0.3) is 5.91 Å². The van der Waals surface area contributed by atoms with Crippen LogP contribution in [-0.4, -0.2) is 47.6 Å². The van der Waals surface area contributed by atoms with Crippen molar-refractivity contribution < 1.29 is 24.2 Å². The number of ether oxygens (including phenoxy) is 2. The molecule has 5 rings (SSSR count). The summed E-state index contributed by atoms with van der Waals surface area (Å²) in [5, 5.41) is 10.2. The molecule has 0 bridgehead atoms. The molecular formula is C27H26N2O5. The normalized spacial score (nSPS) is 19.5. The lowest BCUT2D eigenvalue weighted by molar-refractivity contribution is -0.122. The minimum absolute atomic E-state index is 0.127. The molecule has 0 spiro atoms. The fourth-order valence-electron chi connectivity index (χ4n) is 4.61. The fraction of sp³-hybridized carbons (Fsp3) is 0.259. The number of amides is 2. The number of aliphatic hydroxyl groups is 1. The summed E-state index contributed by atoms with van der Waals surface area (Å²) >= 11 is 0. The Balaban J connectivity index is 1.58. The second-order valence-electron chi connectivity index (χ2n) is 8.57. The largest absolute Gasteiger partial charge is 0.493 e. The molecule has 1 N–H and O–H groups in total. The predicted octanol–water partition coefficient (Wildman–Crippen LogP) is 3.40. The van der Waals surface area contributed by atoms with Gasteiger partial charge >= 0.3 is 0 Å². The third-order valence-corrected chi connectivity index (χ3v) is 6.31. The Kier molecular flexibility index (Phi) is 5.94. The van der Waals surface area contributed by atoms with Crippen LogP contribution in [0.5, 0.6) is 11.5 Å². The Hall–Kier alpha value is -3.84. The van der Waals surface area contributed by atoms with Crippen molar-refractivity contribution in [3.63, 3.8) is 0 Å². The summed E-state index contributed by atoms with van der Waals surface area (Å²) in [6, 6.07) is 22.0. The van der Waals surface area contributed by atoms with Crippen LogP contribution in [0.25, 0.3) is 0 Å². The number of carbonyl (C=O) groups is 2. The number of rotatable bonds is 6. The van der Waals surface area contributed by atoms with E-state index in [2.05, 4.69) is 0 Å². The van der Waals surface area contributed by atoms with Crippen LogP contribution in [0.1, 0.15) is 27.9 Å². The zero-order chi connectivity index (χ0) is 23.7. The molecule has 3 aromatic carbocycles. The summed E-state index contributed by atoms with van der Waals surface area (Å²) in [6.07, 6.45) is -0.508. The van der Waals surface area contributed by atoms with E-state index in [-0.39, 0.29) is 24.8 Å². The molecule has 1 fully saturated rings. The maximum absolute atomic E-state index is 13.7. The molecule has 1 saturated heterocycles. The highest BCUT2D eigenvalue weighted by atomic mass is 16.5. The average molecular weight is 459 g/mol. The lowest BCUT2D eigenvalue weighted by atomic mass is 10.1. The summed E-state index contributed by atoms with van der Waals surface area (Å²) in [5.74, 6) is 0.347. The van der Waals surface area contributed by atoms with Gasteiger partial charge in [-0.2, -0.15) is 0 Å². The standard InChI is InChI=1S/C27H26N2O5/c1-33-24-13-21-22(14-25(24)34-17-19-10-6-3-7-11-19)28(15-18-8-4-2-5-9-18)27(32)23-12-20(30)16-29(23)26(21)31/h2-11,13-14,20,23,30H,12,15-17H2,1H3/t20-,23+/m1/s1. The van der Waals surface area contributed by atoms with Crippen LogP contribution < -0.4 is 14.4 Å². The van der Waals surface area contributed by atoms with Crippen LogP contribution in [0, 0.1) is 0 Å². The Morgan fingerprint density at radius 3 is 2.29 bits per heavy atom. The maximum atomic E-state index is 13.7. The first-order chi connectivity index (χ1) is 16.5. The van der Waals surface area contributed by atoms with Crippen LogP contribution in [0.4, 0.5) is 5.69 Å². The van der Waals surface area contributed by atoms with Crippen molar-refractivity contribution >= 4 is 17.5 Å². The molecule has 7 nitrogen and oxygen atoms in total. The molecule has 0 saturated carbocycles. The van der Waals surface area contributed by atoms with Crippen molar-refractivity contribution in [1.29, 1.82) is 0 Å². The van der Waals surface area contributed by atoms with E-state index in [1.807, 2.05) is 60.7 Å². The first kappa shape index (κ1) is 22.0. The predicted molar refractivity (Wildman–Crippen MR) is 127 cm³/mol. The summed E-state index contributed by atoms with van der Waals surface area (Å²) in [7, 11) is 1.52. The SMILES string of the molecule is COc1cc2c(cc1OCc1ccccc1)N(Cc1ccccc1)C(=O)[C@@H]1C[C@@H](O)CN1C2=O. The third-order valence-electron chi connectivity index (χ3n) is 6.31. The van der Waals surface area contributed by atoms with Gasteiger partial charge in [-0.1, -0.05) is 60.7 Å². The molecular weight excluding hydrogens is 432 g/mol. The number of fused-ring (bicyclic) bond motifs is 2. The summed E-state index contributed by atoms with van der Waals surface area (Å²) in [4.78, 5) is 30.3. The molecule has 174 valence electrons. The first-order valence-corrected chi connectivity index (χ1v) is 11.3. The zero-order valence-corrected chi connectivity index (χ0v) is 18.9. The molecule has 0 aliphatic carbocycles. The van der Waals surface area contributed by atoms with Gasteiger partial charge in [-0.15, -0.1) is 0 Å². The lowest BCUT2D eigenvalue weighted by Crippen LogP contribution is -2.44. The van der Waals surface area contributed by atoms with E-state index < -0.39 is 12.1 Å². The van der Waals surface area contributed by atoms with Crippen LogP contribution in [0.15, 0.2) is 72.8 Å². The minimum Gasteiger partial charge on any atom is -0.493 e. The van der Waals surface area contributed by atoms with Crippen molar-refractivity contribution in [2.24, 2.45) is 0 Å². The van der Waals surface area contributed by atoms with E-state index >= 15 is 0 Å². The molecule has 7 heteroatoms. The molecule has 2 aliphatic heterocycles. The van der Waals surface area contributed by atoms with Crippen LogP contribution >= 0.6 is 0 Å². The highest BCUT2D eigenvalue weighted by Crippen LogP contribution is 2.40. The van der Waals surface area contributed by atoms with Gasteiger partial charge in [0.1, 0.15) is 12.6 Å². The van der Waals surface area contributed by atoms with E-state index in [0.29, 0.717) is 35.9 Å². The van der Waals surface area contributed by atoms with Crippen LogP contribution in [-0.2, 0) is 17.9 Å². The van der Waals surface area contributed by atoms with Gasteiger partial charge in [-0.25, -0.2) is 0 Å². The van der Waals surface area contributed by atoms with Crippen LogP contribution in [0.2, 0.25) is 0 Å². The topological polar surface area (TPSA) is 79.3 Å². The molecule has 0 radical (unpaired) electrons. The van der Waals surface area contributed by atoms with Gasteiger partial charge in [-0.3, -0.25) is 9.59 Å². The number of anilines is 1. The van der Waals surface area contributed by atoms with Crippen LogP contribution in [0.3, 0.4) is 0 Å². The Morgan fingerprint density at radius 1 is 0.941 bits per heavy atom. The lowest BCUT2D eigenvalue weighted by Gasteiger charge is -2.26. The summed E-state index contributed by atoms with van der Waals surface area (Å²) in [5.41, 5.74) is 2.75. The zero-order valence-electron chi connectivity index (χ0n) is 18.9. The molecule has 2 amide bonds. The second-order valence-corrected chi connectivity index (χ2v) is 8.57. The highest BCUT2D eigenvalue weighted by Gasteiger charge is 2.45. The Morgan fingerprint density at radius 2 is 1.62 bits per heavy atom. The average Bonchev–Trinajstić information content (AvgIpc) is 3.25. The Bertz CT molecular complexity index is 1200. The number of methoxy groups -OCH3 is 1. The third kappa shape index (κ3) is 4.10. The van der Waals surface area contributed by atoms with Crippen molar-refractivity contribution in [1.82, 2.24) is 4.90 Å². The van der Waals surface area contributed by atoms with E-state index in [9.17, 15) is 14.7 Å². The molecule has 2 aliphatic rings. The molecule has 3 aromatic rings. The van der Waals surface area contributed by atoms with Crippen molar-refractivity contribution in [3.8, 4) is 11.5 Å². The molecule has 34 heavy (non-hydrogen) atoms. The van der Waals surface area contributed by atoms with E-state index in [1.54, 1.807) is 17.0 Å². The van der Waals surface area contributed by atoms with Gasteiger partial charge < -0.3 is 24.4 Å². The smallest absolute Gasteiger partial charge is 0.256 e. The molecule has 2 heterocycles. The number of nitrogens with zero attached hydrogens (tertiary/aromatic N) is 2. The quantitative estimate of drug-likeness (QED) is 0.613. The van der Waals surface area contributed by atoms with Crippen molar-refractivity contribution in [3.05, 3.63) is 89.5 Å². The minimum atomic E-state index is -0.728. The monoisotopic (exact) mass is 458 g/mol. The van der Waals surface area contributed by atoms with Gasteiger partial charge in [-0.05, 0) is 17.2 Å². The van der Waals surface area contributed by atoms with Crippen molar-refractivity contribution in [2.45, 2.75) is 31.7 Å². The van der Waals surface area contributed by atoms with Crippen molar-refractivity contribution in [2.75, 3.05) is 18.6 Å². The van der Waals surface area contributed by atoms with E-state index in [0.717, 1.165) is 11.1 Å². The highest BCUT2D eigenvalue weighted by molar-refractivity contribution is 6.11. The number of carbonyl (C=O) groups excluding carboxylic acids is 2.